The third-order valence-corrected chi connectivity index (χ3v) is 2.45. The Morgan fingerprint density at radius 2 is 1.76 bits per heavy atom. The van der Waals surface area contributed by atoms with Gasteiger partial charge in [-0.15, -0.1) is 0 Å². The van der Waals surface area contributed by atoms with Gasteiger partial charge in [-0.2, -0.15) is 0 Å². The predicted molar refractivity (Wildman–Crippen MR) is 66.9 cm³/mol. The quantitative estimate of drug-likeness (QED) is 0.750. The third-order valence-electron chi connectivity index (χ3n) is 2.45. The molecular weight excluding hydrogens is 220 g/mol. The highest BCUT2D eigenvalue weighted by atomic mass is 16.4. The van der Waals surface area contributed by atoms with Crippen molar-refractivity contribution in [2.45, 2.75) is 53.1 Å². The lowest BCUT2D eigenvalue weighted by Gasteiger charge is -2.29. The maximum atomic E-state index is 11.9. The number of rotatable bonds is 6. The summed E-state index contributed by atoms with van der Waals surface area (Å²) in [5, 5.41) is 11.4. The van der Waals surface area contributed by atoms with E-state index in [1.54, 1.807) is 11.8 Å². The van der Waals surface area contributed by atoms with Gasteiger partial charge in [-0.25, -0.2) is 9.59 Å². The summed E-state index contributed by atoms with van der Waals surface area (Å²) in [6, 6.07) is -1.05. The molecule has 0 saturated heterocycles. The Balaban J connectivity index is 4.56. The van der Waals surface area contributed by atoms with Gasteiger partial charge in [-0.1, -0.05) is 20.8 Å². The maximum Gasteiger partial charge on any atom is 0.326 e. The van der Waals surface area contributed by atoms with Gasteiger partial charge in [0.05, 0.1) is 0 Å². The standard InChI is InChI=1S/C12H24N2O3/c1-6-10(11(15)16)13-12(17)14(9(4)5)7-8(2)3/h8-10H,6-7H2,1-5H3,(H,13,17)(H,15,16)/t10-/m1/s1. The van der Waals surface area contributed by atoms with Crippen LogP contribution in [0.25, 0.3) is 0 Å². The second-order valence-electron chi connectivity index (χ2n) is 4.89. The molecule has 0 aliphatic rings. The van der Waals surface area contributed by atoms with Crippen molar-refractivity contribution in [1.82, 2.24) is 10.2 Å². The molecule has 5 heteroatoms. The molecule has 0 radical (unpaired) electrons. The van der Waals surface area contributed by atoms with Crippen LogP contribution in [0.5, 0.6) is 0 Å². The first-order valence-corrected chi connectivity index (χ1v) is 6.09. The highest BCUT2D eigenvalue weighted by Crippen LogP contribution is 2.05. The van der Waals surface area contributed by atoms with Gasteiger partial charge in [0.15, 0.2) is 0 Å². The number of carbonyl (C=O) groups excluding carboxylic acids is 1. The molecule has 0 aromatic rings. The number of carbonyl (C=O) groups is 2. The van der Waals surface area contributed by atoms with Gasteiger partial charge < -0.3 is 15.3 Å². The smallest absolute Gasteiger partial charge is 0.326 e. The minimum Gasteiger partial charge on any atom is -0.480 e. The van der Waals surface area contributed by atoms with Crippen molar-refractivity contribution in [3.05, 3.63) is 0 Å². The van der Waals surface area contributed by atoms with Crippen molar-refractivity contribution in [3.63, 3.8) is 0 Å². The Morgan fingerprint density at radius 3 is 2.06 bits per heavy atom. The van der Waals surface area contributed by atoms with Crippen LogP contribution in [-0.4, -0.2) is 40.6 Å². The number of hydrogen-bond acceptors (Lipinski definition) is 2. The van der Waals surface area contributed by atoms with E-state index in [1.165, 1.54) is 0 Å². The molecule has 0 aliphatic carbocycles. The van der Waals surface area contributed by atoms with E-state index in [0.717, 1.165) is 0 Å². The second-order valence-corrected chi connectivity index (χ2v) is 4.89. The zero-order valence-corrected chi connectivity index (χ0v) is 11.4. The highest BCUT2D eigenvalue weighted by molar-refractivity contribution is 5.82. The van der Waals surface area contributed by atoms with Gasteiger partial charge >= 0.3 is 12.0 Å². The molecule has 2 N–H and O–H groups in total. The average Bonchev–Trinajstić information content (AvgIpc) is 2.20. The van der Waals surface area contributed by atoms with Crippen LogP contribution in [-0.2, 0) is 4.79 Å². The molecule has 0 spiro atoms. The van der Waals surface area contributed by atoms with E-state index >= 15 is 0 Å². The van der Waals surface area contributed by atoms with Crippen LogP contribution < -0.4 is 5.32 Å². The molecule has 0 aromatic heterocycles. The third kappa shape index (κ3) is 5.56. The summed E-state index contributed by atoms with van der Waals surface area (Å²) < 4.78 is 0. The molecule has 100 valence electrons. The van der Waals surface area contributed by atoms with Crippen LogP contribution in [0.2, 0.25) is 0 Å². The van der Waals surface area contributed by atoms with Gasteiger partial charge in [0.1, 0.15) is 6.04 Å². The topological polar surface area (TPSA) is 69.6 Å². The molecule has 0 bridgehead atoms. The molecule has 0 aromatic carbocycles. The molecule has 0 saturated carbocycles. The Bertz CT molecular complexity index is 264. The zero-order valence-electron chi connectivity index (χ0n) is 11.4. The van der Waals surface area contributed by atoms with Crippen molar-refractivity contribution in [1.29, 1.82) is 0 Å². The Hall–Kier alpha value is -1.26. The summed E-state index contributed by atoms with van der Waals surface area (Å²) >= 11 is 0. The van der Waals surface area contributed by atoms with Gasteiger partial charge in [-0.05, 0) is 26.2 Å². The summed E-state index contributed by atoms with van der Waals surface area (Å²) in [6.45, 7) is 10.3. The molecule has 17 heavy (non-hydrogen) atoms. The number of hydrogen-bond donors (Lipinski definition) is 2. The molecular formula is C12H24N2O3. The number of carboxylic acid groups (broad SMARTS) is 1. The van der Waals surface area contributed by atoms with Crippen molar-refractivity contribution >= 4 is 12.0 Å². The predicted octanol–water partition coefficient (Wildman–Crippen LogP) is 1.93. The Labute approximate surface area is 103 Å². The van der Waals surface area contributed by atoms with Crippen LogP contribution >= 0.6 is 0 Å². The molecule has 0 unspecified atom stereocenters. The second kappa shape index (κ2) is 7.14. The van der Waals surface area contributed by atoms with Crippen molar-refractivity contribution in [2.24, 2.45) is 5.92 Å². The first-order chi connectivity index (χ1) is 7.79. The van der Waals surface area contributed by atoms with E-state index in [9.17, 15) is 9.59 Å². The fraction of sp³-hybridized carbons (Fsp3) is 0.833. The maximum absolute atomic E-state index is 11.9. The Morgan fingerprint density at radius 1 is 1.24 bits per heavy atom. The average molecular weight is 244 g/mol. The highest BCUT2D eigenvalue weighted by Gasteiger charge is 2.23. The van der Waals surface area contributed by atoms with Crippen LogP contribution in [0.3, 0.4) is 0 Å². The number of carboxylic acids is 1. The largest absolute Gasteiger partial charge is 0.480 e. The number of nitrogens with zero attached hydrogens (tertiary/aromatic N) is 1. The first-order valence-electron chi connectivity index (χ1n) is 6.09. The number of urea groups is 1. The molecule has 0 aliphatic heterocycles. The SMILES string of the molecule is CC[C@@H](NC(=O)N(CC(C)C)C(C)C)C(=O)O. The molecule has 2 amide bonds. The van der Waals surface area contributed by atoms with E-state index in [0.29, 0.717) is 18.9 Å². The zero-order chi connectivity index (χ0) is 13.6. The lowest BCUT2D eigenvalue weighted by atomic mass is 10.2. The molecule has 0 rings (SSSR count). The van der Waals surface area contributed by atoms with Crippen LogP contribution in [0.4, 0.5) is 4.79 Å². The van der Waals surface area contributed by atoms with Crippen LogP contribution in [0.15, 0.2) is 0 Å². The normalized spacial score (nSPS) is 12.6. The first kappa shape index (κ1) is 15.7. The lowest BCUT2D eigenvalue weighted by Crippen LogP contribution is -2.50. The minimum atomic E-state index is -0.992. The number of amides is 2. The number of aliphatic carboxylic acids is 1. The monoisotopic (exact) mass is 244 g/mol. The van der Waals surface area contributed by atoms with E-state index in [-0.39, 0.29) is 12.1 Å². The fourth-order valence-electron chi connectivity index (χ4n) is 1.49. The van der Waals surface area contributed by atoms with Gasteiger partial charge in [0.25, 0.3) is 0 Å². The molecule has 0 heterocycles. The van der Waals surface area contributed by atoms with Gasteiger partial charge in [-0.3, -0.25) is 0 Å². The summed E-state index contributed by atoms with van der Waals surface area (Å²) in [7, 11) is 0. The summed E-state index contributed by atoms with van der Waals surface area (Å²) in [5.74, 6) is -0.637. The Kier molecular flexibility index (Phi) is 6.61. The van der Waals surface area contributed by atoms with Crippen molar-refractivity contribution in [3.8, 4) is 0 Å². The summed E-state index contributed by atoms with van der Waals surface area (Å²) in [5.41, 5.74) is 0. The van der Waals surface area contributed by atoms with E-state index < -0.39 is 12.0 Å². The van der Waals surface area contributed by atoms with E-state index in [4.69, 9.17) is 5.11 Å². The molecule has 0 fully saturated rings. The van der Waals surface area contributed by atoms with Crippen LogP contribution in [0, 0.1) is 5.92 Å². The molecule has 1 atom stereocenters. The van der Waals surface area contributed by atoms with Gasteiger partial charge in [0.2, 0.25) is 0 Å². The summed E-state index contributed by atoms with van der Waals surface area (Å²) in [6.07, 6.45) is 0.384. The van der Waals surface area contributed by atoms with E-state index in [1.807, 2.05) is 27.7 Å². The number of nitrogens with one attached hydrogen (secondary N) is 1. The van der Waals surface area contributed by atoms with Crippen LogP contribution in [0.1, 0.15) is 41.0 Å². The lowest BCUT2D eigenvalue weighted by molar-refractivity contribution is -0.139. The molecule has 5 nitrogen and oxygen atoms in total. The minimum absolute atomic E-state index is 0.0590. The van der Waals surface area contributed by atoms with Crippen molar-refractivity contribution < 1.29 is 14.7 Å². The van der Waals surface area contributed by atoms with Gasteiger partial charge in [0, 0.05) is 12.6 Å². The summed E-state index contributed by atoms with van der Waals surface area (Å²) in [4.78, 5) is 24.5. The van der Waals surface area contributed by atoms with E-state index in [2.05, 4.69) is 5.32 Å². The fourth-order valence-corrected chi connectivity index (χ4v) is 1.49. The van der Waals surface area contributed by atoms with Crippen molar-refractivity contribution in [2.75, 3.05) is 6.54 Å².